The van der Waals surface area contributed by atoms with Crippen molar-refractivity contribution in [2.24, 2.45) is 0 Å². The zero-order chi connectivity index (χ0) is 29.2. The Hall–Kier alpha value is -4.23. The standard InChI is InChI=1S/C33H34ClNO6/c1-23-28(34)8-5-10-30(23)41-20-3-2-19-40-27-16-13-24(14-17-27)12-15-25-7-4-9-29-33(25)26(21-32(38)39)22-35(29)18-6-11-31(36)37/h4-5,7-10,12-17,22H,2-3,6,11,18-21H2,1H3,(H,36,37)(H,38,39). The Morgan fingerprint density at radius 3 is 2.34 bits per heavy atom. The topological polar surface area (TPSA) is 98.0 Å². The number of halogens is 1. The van der Waals surface area contributed by atoms with Gasteiger partial charge in [0.2, 0.25) is 0 Å². The van der Waals surface area contributed by atoms with Crippen LogP contribution in [0.25, 0.3) is 23.1 Å². The summed E-state index contributed by atoms with van der Waals surface area (Å²) in [5.74, 6) is -0.155. The number of rotatable bonds is 15. The Labute approximate surface area is 244 Å². The van der Waals surface area contributed by atoms with Crippen LogP contribution in [0.5, 0.6) is 11.5 Å². The van der Waals surface area contributed by atoms with E-state index in [1.54, 1.807) is 0 Å². The van der Waals surface area contributed by atoms with Gasteiger partial charge in [-0.1, -0.05) is 54.1 Å². The number of hydrogen-bond donors (Lipinski definition) is 2. The number of fused-ring (bicyclic) bond motifs is 1. The third-order valence-electron chi connectivity index (χ3n) is 6.77. The van der Waals surface area contributed by atoms with Gasteiger partial charge in [0, 0.05) is 40.7 Å². The van der Waals surface area contributed by atoms with Crippen molar-refractivity contribution in [3.05, 3.63) is 94.1 Å². The molecule has 0 aliphatic carbocycles. The summed E-state index contributed by atoms with van der Waals surface area (Å²) in [6.07, 6.45) is 7.94. The molecule has 0 radical (unpaired) electrons. The number of aryl methyl sites for hydroxylation is 1. The van der Waals surface area contributed by atoms with Gasteiger partial charge in [-0.3, -0.25) is 9.59 Å². The minimum Gasteiger partial charge on any atom is -0.494 e. The molecule has 3 aromatic carbocycles. The Bertz CT molecular complexity index is 1520. The first-order chi connectivity index (χ1) is 19.8. The highest BCUT2D eigenvalue weighted by Crippen LogP contribution is 2.28. The van der Waals surface area contributed by atoms with Gasteiger partial charge in [-0.2, -0.15) is 0 Å². The van der Waals surface area contributed by atoms with Crippen molar-refractivity contribution in [1.29, 1.82) is 0 Å². The first-order valence-corrected chi connectivity index (χ1v) is 14.0. The Balaban J connectivity index is 1.34. The summed E-state index contributed by atoms with van der Waals surface area (Å²) in [6, 6.07) is 19.3. The van der Waals surface area contributed by atoms with Crippen molar-refractivity contribution in [3.63, 3.8) is 0 Å². The number of aromatic nitrogens is 1. The maximum absolute atomic E-state index is 11.5. The van der Waals surface area contributed by atoms with E-state index in [9.17, 15) is 14.7 Å². The van der Waals surface area contributed by atoms with Gasteiger partial charge in [0.1, 0.15) is 11.5 Å². The van der Waals surface area contributed by atoms with Gasteiger partial charge in [0.05, 0.1) is 19.6 Å². The molecular formula is C33H34ClNO6. The molecule has 0 atom stereocenters. The van der Waals surface area contributed by atoms with Crippen LogP contribution in [0.3, 0.4) is 0 Å². The lowest BCUT2D eigenvalue weighted by Crippen LogP contribution is -2.03. The third-order valence-corrected chi connectivity index (χ3v) is 7.18. The number of hydrogen-bond acceptors (Lipinski definition) is 4. The maximum Gasteiger partial charge on any atom is 0.307 e. The minimum atomic E-state index is -0.910. The minimum absolute atomic E-state index is 0.0609. The molecule has 214 valence electrons. The second-order valence-corrected chi connectivity index (χ2v) is 10.2. The van der Waals surface area contributed by atoms with E-state index >= 15 is 0 Å². The zero-order valence-electron chi connectivity index (χ0n) is 23.0. The lowest BCUT2D eigenvalue weighted by molar-refractivity contribution is -0.137. The maximum atomic E-state index is 11.5. The van der Waals surface area contributed by atoms with Gasteiger partial charge in [0.15, 0.2) is 0 Å². The van der Waals surface area contributed by atoms with Crippen molar-refractivity contribution in [2.75, 3.05) is 13.2 Å². The van der Waals surface area contributed by atoms with Crippen LogP contribution in [0.4, 0.5) is 0 Å². The van der Waals surface area contributed by atoms with Gasteiger partial charge in [-0.05, 0) is 73.2 Å². The number of carbonyl (C=O) groups is 2. The predicted molar refractivity (Wildman–Crippen MR) is 162 cm³/mol. The molecule has 0 saturated heterocycles. The van der Waals surface area contributed by atoms with E-state index in [0.717, 1.165) is 51.9 Å². The number of aliphatic carboxylic acids is 2. The van der Waals surface area contributed by atoms with E-state index in [4.69, 9.17) is 26.2 Å². The van der Waals surface area contributed by atoms with E-state index in [1.165, 1.54) is 0 Å². The average molecular weight is 576 g/mol. The summed E-state index contributed by atoms with van der Waals surface area (Å²) < 4.78 is 13.7. The molecule has 0 amide bonds. The van der Waals surface area contributed by atoms with Gasteiger partial charge in [-0.15, -0.1) is 0 Å². The molecule has 1 heterocycles. The largest absolute Gasteiger partial charge is 0.494 e. The second kappa shape index (κ2) is 14.4. The number of unbranched alkanes of at least 4 members (excludes halogenated alkanes) is 1. The molecule has 0 spiro atoms. The van der Waals surface area contributed by atoms with Crippen LogP contribution in [-0.4, -0.2) is 39.9 Å². The molecule has 4 rings (SSSR count). The lowest BCUT2D eigenvalue weighted by Gasteiger charge is -2.10. The van der Waals surface area contributed by atoms with E-state index in [-0.39, 0.29) is 12.8 Å². The highest BCUT2D eigenvalue weighted by atomic mass is 35.5. The summed E-state index contributed by atoms with van der Waals surface area (Å²) in [5, 5.41) is 20.0. The van der Waals surface area contributed by atoms with E-state index < -0.39 is 11.9 Å². The van der Waals surface area contributed by atoms with Crippen LogP contribution < -0.4 is 9.47 Å². The molecule has 0 fully saturated rings. The highest BCUT2D eigenvalue weighted by Gasteiger charge is 2.14. The van der Waals surface area contributed by atoms with Crippen LogP contribution >= 0.6 is 11.6 Å². The Morgan fingerprint density at radius 2 is 1.61 bits per heavy atom. The number of nitrogens with zero attached hydrogens (tertiary/aromatic N) is 1. The number of benzene rings is 3. The third kappa shape index (κ3) is 8.38. The second-order valence-electron chi connectivity index (χ2n) is 9.83. The van der Waals surface area contributed by atoms with Crippen LogP contribution in [0.15, 0.2) is 66.9 Å². The van der Waals surface area contributed by atoms with Gasteiger partial charge in [-0.25, -0.2) is 0 Å². The molecule has 0 aliphatic heterocycles. The van der Waals surface area contributed by atoms with E-state index in [2.05, 4.69) is 0 Å². The summed E-state index contributed by atoms with van der Waals surface area (Å²) in [4.78, 5) is 22.5. The van der Waals surface area contributed by atoms with Crippen molar-refractivity contribution in [2.45, 2.75) is 45.6 Å². The molecular weight excluding hydrogens is 542 g/mol. The highest BCUT2D eigenvalue weighted by molar-refractivity contribution is 6.31. The molecule has 0 saturated carbocycles. The molecule has 0 unspecified atom stereocenters. The SMILES string of the molecule is Cc1c(Cl)cccc1OCCCCOc1ccc(C=Cc2cccc3c2c(CC(=O)O)cn3CCCC(=O)O)cc1. The normalized spacial score (nSPS) is 11.3. The summed E-state index contributed by atoms with van der Waals surface area (Å²) in [5.41, 5.74) is 4.44. The smallest absolute Gasteiger partial charge is 0.307 e. The number of ether oxygens (including phenoxy) is 2. The van der Waals surface area contributed by atoms with Crippen LogP contribution in [0, 0.1) is 6.92 Å². The Morgan fingerprint density at radius 1 is 0.878 bits per heavy atom. The molecule has 8 heteroatoms. The first kappa shape index (κ1) is 29.7. The Kier molecular flexibility index (Phi) is 10.5. The van der Waals surface area contributed by atoms with Gasteiger partial charge >= 0.3 is 11.9 Å². The van der Waals surface area contributed by atoms with Crippen molar-refractivity contribution in [3.8, 4) is 11.5 Å². The number of carboxylic acid groups (broad SMARTS) is 2. The first-order valence-electron chi connectivity index (χ1n) is 13.6. The monoisotopic (exact) mass is 575 g/mol. The zero-order valence-corrected chi connectivity index (χ0v) is 23.8. The van der Waals surface area contributed by atoms with Crippen LogP contribution in [-0.2, 0) is 22.6 Å². The molecule has 0 bridgehead atoms. The van der Waals surface area contributed by atoms with Crippen molar-refractivity contribution in [1.82, 2.24) is 4.57 Å². The quantitative estimate of drug-likeness (QED) is 0.112. The summed E-state index contributed by atoms with van der Waals surface area (Å²) >= 11 is 6.14. The molecule has 1 aromatic heterocycles. The fourth-order valence-electron chi connectivity index (χ4n) is 4.67. The molecule has 41 heavy (non-hydrogen) atoms. The van der Waals surface area contributed by atoms with Crippen LogP contribution in [0.2, 0.25) is 5.02 Å². The summed E-state index contributed by atoms with van der Waals surface area (Å²) in [7, 11) is 0. The van der Waals surface area contributed by atoms with Crippen LogP contribution in [0.1, 0.15) is 47.9 Å². The average Bonchev–Trinajstić information content (AvgIpc) is 3.29. The fourth-order valence-corrected chi connectivity index (χ4v) is 4.84. The van der Waals surface area contributed by atoms with Gasteiger partial charge in [0.25, 0.3) is 0 Å². The van der Waals surface area contributed by atoms with Gasteiger partial charge < -0.3 is 24.3 Å². The van der Waals surface area contributed by atoms with E-state index in [1.807, 2.05) is 90.5 Å². The molecule has 2 N–H and O–H groups in total. The van der Waals surface area contributed by atoms with Crippen molar-refractivity contribution >= 4 is 46.6 Å². The molecule has 7 nitrogen and oxygen atoms in total. The predicted octanol–water partition coefficient (Wildman–Crippen LogP) is 7.50. The van der Waals surface area contributed by atoms with E-state index in [0.29, 0.717) is 36.8 Å². The fraction of sp³-hybridized carbons (Fsp3) is 0.273. The lowest BCUT2D eigenvalue weighted by atomic mass is 10.0. The summed E-state index contributed by atoms with van der Waals surface area (Å²) in [6.45, 7) is 3.64. The number of carboxylic acids is 2. The van der Waals surface area contributed by atoms with Crippen molar-refractivity contribution < 1.29 is 29.3 Å². The molecule has 4 aromatic rings. The molecule has 0 aliphatic rings.